The lowest BCUT2D eigenvalue weighted by atomic mass is 9.94. The zero-order valence-electron chi connectivity index (χ0n) is 26.0. The first kappa shape index (κ1) is 33.4. The maximum atomic E-state index is 14.6. The van der Waals surface area contributed by atoms with Gasteiger partial charge in [-0.05, 0) is 67.3 Å². The molecule has 2 amide bonds. The lowest BCUT2D eigenvalue weighted by Crippen LogP contribution is -2.55. The van der Waals surface area contributed by atoms with Crippen molar-refractivity contribution in [2.24, 2.45) is 0 Å². The third kappa shape index (κ3) is 8.65. The summed E-state index contributed by atoms with van der Waals surface area (Å²) in [5, 5.41) is 3.25. The summed E-state index contributed by atoms with van der Waals surface area (Å²) in [6.07, 6.45) is 5.35. The van der Waals surface area contributed by atoms with Gasteiger partial charge < -0.3 is 10.2 Å². The number of benzene rings is 4. The molecule has 1 atom stereocenters. The molecule has 1 saturated carbocycles. The molecule has 1 fully saturated rings. The Bertz CT molecular complexity index is 1710. The molecule has 0 aromatic heterocycles. The summed E-state index contributed by atoms with van der Waals surface area (Å²) in [6, 6.07) is 31.6. The number of nitrogens with zero attached hydrogens (tertiary/aromatic N) is 2. The summed E-state index contributed by atoms with van der Waals surface area (Å²) in [7, 11) is -4.12. The van der Waals surface area contributed by atoms with E-state index < -0.39 is 28.5 Å². The quantitative estimate of drug-likeness (QED) is 0.172. The van der Waals surface area contributed by atoms with Gasteiger partial charge >= 0.3 is 0 Å². The average molecular weight is 703 g/mol. The Hall–Kier alpha value is -3.95. The number of halogens is 1. The minimum Gasteiger partial charge on any atom is -0.352 e. The van der Waals surface area contributed by atoms with Gasteiger partial charge in [0.1, 0.15) is 12.6 Å². The molecule has 240 valence electrons. The monoisotopic (exact) mass is 701 g/mol. The fourth-order valence-electron chi connectivity index (χ4n) is 5.89. The second-order valence-corrected chi connectivity index (χ2v) is 14.6. The normalized spacial score (nSPS) is 14.3. The van der Waals surface area contributed by atoms with Crippen LogP contribution in [0.3, 0.4) is 0 Å². The third-order valence-corrected chi connectivity index (χ3v) is 10.7. The van der Waals surface area contributed by atoms with E-state index in [0.29, 0.717) is 5.69 Å². The molecule has 1 aliphatic rings. The fourth-order valence-corrected chi connectivity index (χ4v) is 7.77. The number of carbonyl (C=O) groups is 2. The molecule has 1 unspecified atom stereocenters. The molecule has 0 aliphatic heterocycles. The van der Waals surface area contributed by atoms with Crippen molar-refractivity contribution in [3.63, 3.8) is 0 Å². The predicted molar refractivity (Wildman–Crippen MR) is 186 cm³/mol. The van der Waals surface area contributed by atoms with Crippen LogP contribution in [0.4, 0.5) is 5.69 Å². The number of amides is 2. The summed E-state index contributed by atoms with van der Waals surface area (Å²) < 4.78 is 30.2. The van der Waals surface area contributed by atoms with Crippen molar-refractivity contribution < 1.29 is 18.0 Å². The van der Waals surface area contributed by atoms with Gasteiger partial charge in [0.2, 0.25) is 11.8 Å². The number of sulfonamides is 1. The van der Waals surface area contributed by atoms with E-state index in [0.717, 1.165) is 57.6 Å². The van der Waals surface area contributed by atoms with Crippen molar-refractivity contribution in [3.8, 4) is 0 Å². The van der Waals surface area contributed by atoms with Gasteiger partial charge in [-0.1, -0.05) is 114 Å². The molecule has 0 spiro atoms. The Labute approximate surface area is 280 Å². The maximum absolute atomic E-state index is 14.6. The number of hydrogen-bond acceptors (Lipinski definition) is 4. The Balaban J connectivity index is 1.55. The summed E-state index contributed by atoms with van der Waals surface area (Å²) in [5.74, 6) is -0.702. The molecule has 9 heteroatoms. The molecule has 1 N–H and O–H groups in total. The molecular weight excluding hydrogens is 662 g/mol. The van der Waals surface area contributed by atoms with Crippen LogP contribution in [0, 0.1) is 6.92 Å². The van der Waals surface area contributed by atoms with E-state index in [1.54, 1.807) is 35.2 Å². The Morgan fingerprint density at radius 2 is 1.46 bits per heavy atom. The number of hydrogen-bond donors (Lipinski definition) is 1. The molecule has 0 radical (unpaired) electrons. The number of aryl methyl sites for hydroxylation is 1. The van der Waals surface area contributed by atoms with Gasteiger partial charge in [-0.2, -0.15) is 0 Å². The molecule has 46 heavy (non-hydrogen) atoms. The predicted octanol–water partition coefficient (Wildman–Crippen LogP) is 7.04. The molecular formula is C37H40BrN3O4S. The van der Waals surface area contributed by atoms with E-state index in [4.69, 9.17) is 0 Å². The van der Waals surface area contributed by atoms with Gasteiger partial charge in [0.25, 0.3) is 10.0 Å². The van der Waals surface area contributed by atoms with Crippen LogP contribution in [0.1, 0.15) is 48.8 Å². The summed E-state index contributed by atoms with van der Waals surface area (Å²) >= 11 is 3.53. The van der Waals surface area contributed by atoms with E-state index in [2.05, 4.69) is 21.2 Å². The lowest BCUT2D eigenvalue weighted by molar-refractivity contribution is -0.140. The van der Waals surface area contributed by atoms with Gasteiger partial charge in [0.15, 0.2) is 0 Å². The molecule has 7 nitrogen and oxygen atoms in total. The summed E-state index contributed by atoms with van der Waals surface area (Å²) in [5.41, 5.74) is 3.06. The molecule has 4 aromatic carbocycles. The number of anilines is 1. The highest BCUT2D eigenvalue weighted by molar-refractivity contribution is 9.10. The number of rotatable bonds is 12. The van der Waals surface area contributed by atoms with Crippen molar-refractivity contribution >= 4 is 43.5 Å². The standard InChI is InChI=1S/C37H40BrN3O4S/c1-28-20-22-33(23-21-28)41(46(44,45)34-18-9-4-10-19-34)27-36(42)40(26-30-14-11-15-31(38)24-30)35(25-29-12-5-2-6-13-29)37(43)39-32-16-7-3-8-17-32/h2,4-6,9-15,18-24,32,35H,3,7-8,16-17,25-27H2,1H3,(H,39,43). The van der Waals surface area contributed by atoms with Crippen LogP contribution in [0.2, 0.25) is 0 Å². The second-order valence-electron chi connectivity index (χ2n) is 11.9. The van der Waals surface area contributed by atoms with Gasteiger partial charge in [-0.25, -0.2) is 8.42 Å². The van der Waals surface area contributed by atoms with Crippen molar-refractivity contribution in [2.45, 2.75) is 69.0 Å². The van der Waals surface area contributed by atoms with Crippen LogP contribution < -0.4 is 9.62 Å². The van der Waals surface area contributed by atoms with E-state index in [1.165, 1.54) is 12.1 Å². The smallest absolute Gasteiger partial charge is 0.264 e. The van der Waals surface area contributed by atoms with Crippen LogP contribution in [-0.2, 0) is 32.6 Å². The highest BCUT2D eigenvalue weighted by atomic mass is 79.9. The average Bonchev–Trinajstić information content (AvgIpc) is 3.07. The zero-order valence-corrected chi connectivity index (χ0v) is 28.4. The van der Waals surface area contributed by atoms with Crippen molar-refractivity contribution in [1.29, 1.82) is 0 Å². The van der Waals surface area contributed by atoms with Crippen LogP contribution in [0.15, 0.2) is 119 Å². The van der Waals surface area contributed by atoms with Gasteiger partial charge in [0.05, 0.1) is 10.6 Å². The molecule has 0 heterocycles. The highest BCUT2D eigenvalue weighted by Gasteiger charge is 2.35. The Morgan fingerprint density at radius 1 is 0.826 bits per heavy atom. The van der Waals surface area contributed by atoms with Gasteiger partial charge in [-0.15, -0.1) is 0 Å². The van der Waals surface area contributed by atoms with E-state index >= 15 is 0 Å². The van der Waals surface area contributed by atoms with E-state index in [1.807, 2.05) is 73.7 Å². The minimum atomic E-state index is -4.12. The molecule has 0 saturated heterocycles. The van der Waals surface area contributed by atoms with Crippen LogP contribution in [0.25, 0.3) is 0 Å². The van der Waals surface area contributed by atoms with Gasteiger partial charge in [-0.3, -0.25) is 13.9 Å². The Kier molecular flexibility index (Phi) is 11.3. The van der Waals surface area contributed by atoms with Crippen molar-refractivity contribution in [2.75, 3.05) is 10.8 Å². The lowest BCUT2D eigenvalue weighted by Gasteiger charge is -2.35. The summed E-state index contributed by atoms with van der Waals surface area (Å²) in [4.78, 5) is 30.4. The number of nitrogens with one attached hydrogen (secondary N) is 1. The molecule has 0 bridgehead atoms. The first-order valence-electron chi connectivity index (χ1n) is 15.7. The van der Waals surface area contributed by atoms with E-state index in [-0.39, 0.29) is 29.8 Å². The SMILES string of the molecule is Cc1ccc(N(CC(=O)N(Cc2cccc(Br)c2)C(Cc2ccccc2)C(=O)NC2CCCCC2)S(=O)(=O)c2ccccc2)cc1. The first-order chi connectivity index (χ1) is 22.2. The van der Waals surface area contributed by atoms with E-state index in [9.17, 15) is 18.0 Å². The van der Waals surface area contributed by atoms with Gasteiger partial charge in [0, 0.05) is 23.5 Å². The fraction of sp³-hybridized carbons (Fsp3) is 0.297. The molecule has 4 aromatic rings. The first-order valence-corrected chi connectivity index (χ1v) is 18.0. The zero-order chi connectivity index (χ0) is 32.5. The van der Waals surface area contributed by atoms with Crippen molar-refractivity contribution in [1.82, 2.24) is 10.2 Å². The third-order valence-electron chi connectivity index (χ3n) is 8.40. The van der Waals surface area contributed by atoms with Crippen LogP contribution in [0.5, 0.6) is 0 Å². The Morgan fingerprint density at radius 3 is 2.11 bits per heavy atom. The molecule has 5 rings (SSSR count). The summed E-state index contributed by atoms with van der Waals surface area (Å²) in [6.45, 7) is 1.57. The molecule has 1 aliphatic carbocycles. The topological polar surface area (TPSA) is 86.8 Å². The van der Waals surface area contributed by atoms with Crippen LogP contribution >= 0.6 is 15.9 Å². The maximum Gasteiger partial charge on any atom is 0.264 e. The minimum absolute atomic E-state index is 0.0462. The van der Waals surface area contributed by atoms with Crippen molar-refractivity contribution in [3.05, 3.63) is 130 Å². The highest BCUT2D eigenvalue weighted by Crippen LogP contribution is 2.26. The largest absolute Gasteiger partial charge is 0.352 e. The second kappa shape index (κ2) is 15.6. The number of carbonyl (C=O) groups excluding carboxylic acids is 2. The van der Waals surface area contributed by atoms with Crippen LogP contribution in [-0.4, -0.2) is 43.8 Å².